The molecule has 1 saturated heterocycles. The van der Waals surface area contributed by atoms with Gasteiger partial charge in [0, 0.05) is 76.7 Å². The van der Waals surface area contributed by atoms with Crippen LogP contribution in [0.4, 0.5) is 5.69 Å². The van der Waals surface area contributed by atoms with Gasteiger partial charge in [-0.05, 0) is 38.7 Å². The number of hydrogen-bond donors (Lipinski definition) is 0. The van der Waals surface area contributed by atoms with Gasteiger partial charge in [-0.1, -0.05) is 47.1 Å². The van der Waals surface area contributed by atoms with Gasteiger partial charge in [-0.3, -0.25) is 9.80 Å². The van der Waals surface area contributed by atoms with Crippen molar-refractivity contribution in [2.45, 2.75) is 13.0 Å². The van der Waals surface area contributed by atoms with Crippen LogP contribution in [0.25, 0.3) is 6.08 Å². The normalized spacial score (nSPS) is 22.2. The van der Waals surface area contributed by atoms with Gasteiger partial charge in [-0.25, -0.2) is 0 Å². The molecule has 0 bridgehead atoms. The van der Waals surface area contributed by atoms with Gasteiger partial charge in [0.05, 0.1) is 5.92 Å². The van der Waals surface area contributed by atoms with Crippen molar-refractivity contribution in [1.82, 2.24) is 14.7 Å². The summed E-state index contributed by atoms with van der Waals surface area (Å²) in [7, 11) is 6.33. The molecular formula is C30H41N5O2. The van der Waals surface area contributed by atoms with Gasteiger partial charge in [-0.2, -0.15) is 0 Å². The summed E-state index contributed by atoms with van der Waals surface area (Å²) >= 11 is 0. The number of piperazine rings is 1. The molecule has 0 saturated carbocycles. The minimum Gasteiger partial charge on any atom is -0.492 e. The number of fused-ring (bicyclic) bond motifs is 3. The lowest BCUT2D eigenvalue weighted by Crippen LogP contribution is -2.50. The fraction of sp³-hybridized carbons (Fsp3) is 0.500. The maximum absolute atomic E-state index is 6.25. The molecule has 3 heterocycles. The maximum atomic E-state index is 6.25. The molecule has 0 aliphatic carbocycles. The van der Waals surface area contributed by atoms with E-state index in [9.17, 15) is 0 Å². The fourth-order valence-corrected chi connectivity index (χ4v) is 5.39. The van der Waals surface area contributed by atoms with E-state index >= 15 is 0 Å². The molecule has 2 unspecified atom stereocenters. The number of anilines is 1. The Morgan fingerprint density at radius 2 is 1.76 bits per heavy atom. The highest BCUT2D eigenvalue weighted by Crippen LogP contribution is 2.36. The molecular weight excluding hydrogens is 462 g/mol. The quantitative estimate of drug-likeness (QED) is 0.522. The van der Waals surface area contributed by atoms with Gasteiger partial charge >= 0.3 is 0 Å². The van der Waals surface area contributed by atoms with Crippen molar-refractivity contribution >= 4 is 17.5 Å². The lowest BCUT2D eigenvalue weighted by molar-refractivity contribution is 0.0101. The van der Waals surface area contributed by atoms with Gasteiger partial charge < -0.3 is 19.4 Å². The van der Waals surface area contributed by atoms with Crippen molar-refractivity contribution in [2.24, 2.45) is 11.1 Å². The summed E-state index contributed by atoms with van der Waals surface area (Å²) in [5.74, 6) is 1.11. The lowest BCUT2D eigenvalue weighted by Gasteiger charge is -2.36. The summed E-state index contributed by atoms with van der Waals surface area (Å²) in [4.78, 5) is 15.5. The third-order valence-electron chi connectivity index (χ3n) is 7.66. The van der Waals surface area contributed by atoms with E-state index in [0.717, 1.165) is 69.4 Å². The van der Waals surface area contributed by atoms with Crippen molar-refractivity contribution < 1.29 is 9.57 Å². The molecule has 0 aromatic heterocycles. The van der Waals surface area contributed by atoms with E-state index in [2.05, 4.69) is 107 Å². The number of hydrogen-bond acceptors (Lipinski definition) is 7. The molecule has 2 atom stereocenters. The van der Waals surface area contributed by atoms with E-state index in [1.165, 1.54) is 16.8 Å². The molecule has 7 heteroatoms. The number of nitrogens with zero attached hydrogens (tertiary/aromatic N) is 5. The molecule has 1 fully saturated rings. The molecule has 2 aromatic rings. The van der Waals surface area contributed by atoms with E-state index in [-0.39, 0.29) is 12.0 Å². The first-order valence-electron chi connectivity index (χ1n) is 13.5. The maximum Gasteiger partial charge on any atom is 0.151 e. The molecule has 0 amide bonds. The van der Waals surface area contributed by atoms with Gasteiger partial charge in [-0.15, -0.1) is 0 Å². The molecule has 3 aliphatic rings. The molecule has 37 heavy (non-hydrogen) atoms. The van der Waals surface area contributed by atoms with Crippen LogP contribution in [0.1, 0.15) is 18.1 Å². The Kier molecular flexibility index (Phi) is 8.13. The van der Waals surface area contributed by atoms with E-state index < -0.39 is 0 Å². The molecule has 5 rings (SSSR count). The van der Waals surface area contributed by atoms with E-state index in [1.807, 2.05) is 0 Å². The summed E-state index contributed by atoms with van der Waals surface area (Å²) in [5.41, 5.74) is 5.98. The van der Waals surface area contributed by atoms with E-state index in [0.29, 0.717) is 6.61 Å². The van der Waals surface area contributed by atoms with Crippen LogP contribution in [0.15, 0.2) is 59.3 Å². The van der Waals surface area contributed by atoms with Crippen molar-refractivity contribution in [3.63, 3.8) is 0 Å². The van der Waals surface area contributed by atoms with Crippen molar-refractivity contribution in [2.75, 3.05) is 85.0 Å². The number of ether oxygens (including phenoxy) is 1. The summed E-state index contributed by atoms with van der Waals surface area (Å²) < 4.78 is 6.25. The average molecular weight is 504 g/mol. The zero-order chi connectivity index (χ0) is 25.8. The first kappa shape index (κ1) is 25.8. The van der Waals surface area contributed by atoms with Gasteiger partial charge in [0.1, 0.15) is 18.1 Å². The predicted octanol–water partition coefficient (Wildman–Crippen LogP) is 3.52. The summed E-state index contributed by atoms with van der Waals surface area (Å²) in [5, 5.41) is 4.55. The Hall–Kier alpha value is -2.87. The molecule has 0 spiro atoms. The zero-order valence-corrected chi connectivity index (χ0v) is 22.8. The number of rotatable bonds is 9. The molecule has 0 N–H and O–H groups in total. The van der Waals surface area contributed by atoms with Crippen LogP contribution in [0.3, 0.4) is 0 Å². The third-order valence-corrected chi connectivity index (χ3v) is 7.66. The standard InChI is InChI=1S/C30H41N5O2/c1-23(18-24-8-6-5-7-9-24)20-34-14-16-35(17-15-34)21-29-27-22-36-28-19-25(33(4)13-12-32(2)3)10-11-26(28)30(27)31-37-29/h5-11,18-19,27,29H,12-17,20-22H2,1-4H3/b23-18+. The van der Waals surface area contributed by atoms with Gasteiger partial charge in [0.2, 0.25) is 0 Å². The number of benzene rings is 2. The highest BCUT2D eigenvalue weighted by Gasteiger charge is 2.41. The van der Waals surface area contributed by atoms with Crippen molar-refractivity contribution in [3.05, 3.63) is 65.2 Å². The smallest absolute Gasteiger partial charge is 0.151 e. The summed E-state index contributed by atoms with van der Waals surface area (Å²) in [6.07, 6.45) is 2.35. The van der Waals surface area contributed by atoms with Crippen LogP contribution < -0.4 is 9.64 Å². The Morgan fingerprint density at radius 1 is 1.00 bits per heavy atom. The van der Waals surface area contributed by atoms with E-state index in [1.54, 1.807) is 0 Å². The van der Waals surface area contributed by atoms with Crippen LogP contribution in [-0.4, -0.2) is 107 Å². The monoisotopic (exact) mass is 503 g/mol. The second-order valence-electron chi connectivity index (χ2n) is 10.9. The lowest BCUT2D eigenvalue weighted by atomic mass is 9.90. The van der Waals surface area contributed by atoms with Crippen LogP contribution in [0, 0.1) is 5.92 Å². The summed E-state index contributed by atoms with van der Waals surface area (Å²) in [6.45, 7) is 11.0. The first-order chi connectivity index (χ1) is 18.0. The fourth-order valence-electron chi connectivity index (χ4n) is 5.39. The van der Waals surface area contributed by atoms with Gasteiger partial charge in [0.15, 0.2) is 6.10 Å². The van der Waals surface area contributed by atoms with Crippen molar-refractivity contribution in [3.8, 4) is 5.75 Å². The first-order valence-corrected chi connectivity index (χ1v) is 13.5. The number of oxime groups is 1. The highest BCUT2D eigenvalue weighted by molar-refractivity contribution is 6.06. The van der Waals surface area contributed by atoms with Crippen LogP contribution >= 0.6 is 0 Å². The molecule has 3 aliphatic heterocycles. The topological polar surface area (TPSA) is 43.8 Å². The Labute approximate surface area is 221 Å². The average Bonchev–Trinajstić information content (AvgIpc) is 3.31. The zero-order valence-electron chi connectivity index (χ0n) is 22.8. The highest BCUT2D eigenvalue weighted by atomic mass is 16.6. The van der Waals surface area contributed by atoms with Crippen LogP contribution in [-0.2, 0) is 4.84 Å². The second-order valence-corrected chi connectivity index (χ2v) is 10.9. The van der Waals surface area contributed by atoms with Crippen molar-refractivity contribution in [1.29, 1.82) is 0 Å². The van der Waals surface area contributed by atoms with E-state index in [4.69, 9.17) is 9.57 Å². The predicted molar refractivity (Wildman–Crippen MR) is 152 cm³/mol. The Bertz CT molecular complexity index is 1110. The minimum absolute atomic E-state index is 0.0526. The third kappa shape index (κ3) is 6.35. The minimum atomic E-state index is 0.0526. The Morgan fingerprint density at radius 3 is 2.51 bits per heavy atom. The largest absolute Gasteiger partial charge is 0.492 e. The number of likely N-dealkylation sites (N-methyl/N-ethyl adjacent to an activating group) is 2. The molecule has 0 radical (unpaired) electrons. The molecule has 198 valence electrons. The molecule has 7 nitrogen and oxygen atoms in total. The Balaban J connectivity index is 1.12. The SMILES string of the molecule is C/C(=C\c1ccccc1)CN1CCN(CC2ON=C3c4ccc(N(C)CCN(C)C)cc4OCC32)CC1. The second kappa shape index (κ2) is 11.7. The molecule has 2 aromatic carbocycles. The van der Waals surface area contributed by atoms with Crippen LogP contribution in [0.2, 0.25) is 0 Å². The summed E-state index contributed by atoms with van der Waals surface area (Å²) in [6, 6.07) is 17.0. The van der Waals surface area contributed by atoms with Crippen LogP contribution in [0.5, 0.6) is 5.75 Å². The van der Waals surface area contributed by atoms with Gasteiger partial charge in [0.25, 0.3) is 0 Å².